The van der Waals surface area contributed by atoms with E-state index < -0.39 is 0 Å². The van der Waals surface area contributed by atoms with Crippen molar-refractivity contribution in [3.8, 4) is 0 Å². The van der Waals surface area contributed by atoms with Crippen LogP contribution < -0.4 is 5.32 Å². The van der Waals surface area contributed by atoms with Crippen molar-refractivity contribution in [1.82, 2.24) is 5.32 Å². The molecule has 1 atom stereocenters. The summed E-state index contributed by atoms with van der Waals surface area (Å²) in [6.45, 7) is 4.08. The fraction of sp³-hybridized carbons (Fsp3) is 1.00. The Morgan fingerprint density at radius 3 is 3.25 bits per heavy atom. The Morgan fingerprint density at radius 2 is 2.38 bits per heavy atom. The molecular weight excluding hydrogens is 102 g/mol. The molecule has 0 aromatic carbocycles. The molecule has 0 unspecified atom stereocenters. The smallest absolute Gasteiger partial charge is 0.105 e. The maximum absolute atomic E-state index is 5.29. The molecule has 0 saturated carbocycles. The fourth-order valence-electron chi connectivity index (χ4n) is 0.851. The standard InChI is InChI=1S/C6H13NO/c1-6-7-4-2-3-5-8-6/h6-7H,2-5H2,1H3/t6-/m0/s1. The van der Waals surface area contributed by atoms with E-state index >= 15 is 0 Å². The van der Waals surface area contributed by atoms with Crippen LogP contribution in [0.5, 0.6) is 0 Å². The Labute approximate surface area is 50.2 Å². The van der Waals surface area contributed by atoms with Crippen molar-refractivity contribution < 1.29 is 4.74 Å². The molecule has 0 radical (unpaired) electrons. The van der Waals surface area contributed by atoms with E-state index in [0.717, 1.165) is 13.2 Å². The van der Waals surface area contributed by atoms with E-state index in [9.17, 15) is 0 Å². The van der Waals surface area contributed by atoms with E-state index in [2.05, 4.69) is 5.32 Å². The van der Waals surface area contributed by atoms with Gasteiger partial charge >= 0.3 is 0 Å². The molecular formula is C6H13NO. The van der Waals surface area contributed by atoms with Gasteiger partial charge in [0, 0.05) is 6.61 Å². The highest BCUT2D eigenvalue weighted by atomic mass is 16.5. The van der Waals surface area contributed by atoms with Gasteiger partial charge in [-0.3, -0.25) is 5.32 Å². The first kappa shape index (κ1) is 6.05. The van der Waals surface area contributed by atoms with Gasteiger partial charge in [0.1, 0.15) is 6.23 Å². The molecule has 0 aromatic rings. The first-order valence-electron chi connectivity index (χ1n) is 3.24. The van der Waals surface area contributed by atoms with Crippen LogP contribution in [0.15, 0.2) is 0 Å². The molecule has 2 heteroatoms. The van der Waals surface area contributed by atoms with Crippen LogP contribution in [0.4, 0.5) is 0 Å². The largest absolute Gasteiger partial charge is 0.364 e. The molecule has 1 fully saturated rings. The van der Waals surface area contributed by atoms with Crippen LogP contribution in [0.25, 0.3) is 0 Å². The van der Waals surface area contributed by atoms with Gasteiger partial charge in [0.05, 0.1) is 0 Å². The zero-order valence-electron chi connectivity index (χ0n) is 5.31. The van der Waals surface area contributed by atoms with Gasteiger partial charge in [-0.05, 0) is 26.3 Å². The highest BCUT2D eigenvalue weighted by molar-refractivity contribution is 4.54. The van der Waals surface area contributed by atoms with Crippen LogP contribution >= 0.6 is 0 Å². The second-order valence-electron chi connectivity index (χ2n) is 2.17. The van der Waals surface area contributed by atoms with Crippen LogP contribution in [-0.2, 0) is 4.74 Å². The van der Waals surface area contributed by atoms with Gasteiger partial charge in [-0.15, -0.1) is 0 Å². The highest BCUT2D eigenvalue weighted by Crippen LogP contribution is 1.97. The van der Waals surface area contributed by atoms with Crippen LogP contribution in [0, 0.1) is 0 Å². The number of hydrogen-bond donors (Lipinski definition) is 1. The summed E-state index contributed by atoms with van der Waals surface area (Å²) in [7, 11) is 0. The predicted octanol–water partition coefficient (Wildman–Crippen LogP) is 0.732. The van der Waals surface area contributed by atoms with E-state index in [0.29, 0.717) is 0 Å². The third kappa shape index (κ3) is 1.80. The van der Waals surface area contributed by atoms with Crippen molar-refractivity contribution in [1.29, 1.82) is 0 Å². The third-order valence-electron chi connectivity index (χ3n) is 1.37. The molecule has 1 saturated heterocycles. The summed E-state index contributed by atoms with van der Waals surface area (Å²) >= 11 is 0. The zero-order valence-corrected chi connectivity index (χ0v) is 5.31. The number of hydrogen-bond acceptors (Lipinski definition) is 2. The monoisotopic (exact) mass is 115 g/mol. The summed E-state index contributed by atoms with van der Waals surface area (Å²) in [5.41, 5.74) is 0. The number of nitrogens with one attached hydrogen (secondary N) is 1. The lowest BCUT2D eigenvalue weighted by atomic mass is 10.3. The summed E-state index contributed by atoms with van der Waals surface area (Å²) in [5.74, 6) is 0. The molecule has 1 aliphatic heterocycles. The van der Waals surface area contributed by atoms with E-state index in [1.807, 2.05) is 6.92 Å². The maximum Gasteiger partial charge on any atom is 0.105 e. The fourth-order valence-corrected chi connectivity index (χ4v) is 0.851. The van der Waals surface area contributed by atoms with Crippen molar-refractivity contribution in [2.24, 2.45) is 0 Å². The highest BCUT2D eigenvalue weighted by Gasteiger charge is 2.03. The normalized spacial score (nSPS) is 31.9. The Kier molecular flexibility index (Phi) is 2.30. The van der Waals surface area contributed by atoms with Crippen molar-refractivity contribution in [2.75, 3.05) is 13.2 Å². The summed E-state index contributed by atoms with van der Waals surface area (Å²) in [6, 6.07) is 0. The van der Waals surface area contributed by atoms with Gasteiger partial charge in [0.25, 0.3) is 0 Å². The molecule has 1 N–H and O–H groups in total. The Balaban J connectivity index is 2.17. The van der Waals surface area contributed by atoms with E-state index in [-0.39, 0.29) is 6.23 Å². The van der Waals surface area contributed by atoms with Gasteiger partial charge in [-0.1, -0.05) is 0 Å². The average Bonchev–Trinajstić information content (AvgIpc) is 1.94. The minimum Gasteiger partial charge on any atom is -0.364 e. The Bertz CT molecular complexity index is 57.5. The lowest BCUT2D eigenvalue weighted by molar-refractivity contribution is 0.0567. The van der Waals surface area contributed by atoms with Gasteiger partial charge in [0.15, 0.2) is 0 Å². The lowest BCUT2D eigenvalue weighted by Crippen LogP contribution is -2.26. The van der Waals surface area contributed by atoms with Crippen molar-refractivity contribution >= 4 is 0 Å². The summed E-state index contributed by atoms with van der Waals surface area (Å²) in [6.07, 6.45) is 2.74. The van der Waals surface area contributed by atoms with Crippen LogP contribution in [0.2, 0.25) is 0 Å². The second kappa shape index (κ2) is 3.05. The predicted molar refractivity (Wildman–Crippen MR) is 32.7 cm³/mol. The quantitative estimate of drug-likeness (QED) is 0.502. The van der Waals surface area contributed by atoms with E-state index in [1.54, 1.807) is 0 Å². The Morgan fingerprint density at radius 1 is 1.50 bits per heavy atom. The molecule has 2 nitrogen and oxygen atoms in total. The van der Waals surface area contributed by atoms with Crippen LogP contribution in [-0.4, -0.2) is 19.4 Å². The molecule has 1 rings (SSSR count). The molecule has 0 aliphatic carbocycles. The molecule has 1 heterocycles. The second-order valence-corrected chi connectivity index (χ2v) is 2.17. The molecule has 48 valence electrons. The minimum atomic E-state index is 0.275. The third-order valence-corrected chi connectivity index (χ3v) is 1.37. The van der Waals surface area contributed by atoms with Crippen molar-refractivity contribution in [3.63, 3.8) is 0 Å². The van der Waals surface area contributed by atoms with Gasteiger partial charge in [-0.25, -0.2) is 0 Å². The molecule has 0 amide bonds. The first-order chi connectivity index (χ1) is 3.89. The molecule has 0 aromatic heterocycles. The Hall–Kier alpha value is -0.0800. The topological polar surface area (TPSA) is 21.3 Å². The maximum atomic E-state index is 5.29. The van der Waals surface area contributed by atoms with Crippen LogP contribution in [0.3, 0.4) is 0 Å². The average molecular weight is 115 g/mol. The lowest BCUT2D eigenvalue weighted by Gasteiger charge is -2.07. The zero-order chi connectivity index (χ0) is 5.82. The van der Waals surface area contributed by atoms with E-state index in [4.69, 9.17) is 4.74 Å². The first-order valence-corrected chi connectivity index (χ1v) is 3.24. The van der Waals surface area contributed by atoms with E-state index in [1.165, 1.54) is 12.8 Å². The number of rotatable bonds is 0. The summed E-state index contributed by atoms with van der Waals surface area (Å²) in [5, 5.41) is 3.22. The summed E-state index contributed by atoms with van der Waals surface area (Å²) < 4.78 is 5.29. The van der Waals surface area contributed by atoms with Crippen LogP contribution in [0.1, 0.15) is 19.8 Å². The molecule has 1 aliphatic rings. The van der Waals surface area contributed by atoms with Gasteiger partial charge in [0.2, 0.25) is 0 Å². The number of ether oxygens (including phenoxy) is 1. The van der Waals surface area contributed by atoms with Crippen molar-refractivity contribution in [3.05, 3.63) is 0 Å². The van der Waals surface area contributed by atoms with Gasteiger partial charge < -0.3 is 4.74 Å². The molecule has 0 bridgehead atoms. The summed E-state index contributed by atoms with van der Waals surface area (Å²) in [4.78, 5) is 0. The molecule has 0 spiro atoms. The van der Waals surface area contributed by atoms with Gasteiger partial charge in [-0.2, -0.15) is 0 Å². The van der Waals surface area contributed by atoms with Crippen molar-refractivity contribution in [2.45, 2.75) is 26.0 Å². The minimum absolute atomic E-state index is 0.275. The SMILES string of the molecule is C[C@H]1NCCCCO1. The molecule has 8 heavy (non-hydrogen) atoms.